The Balaban J connectivity index is 2.70. The third-order valence-electron chi connectivity index (χ3n) is 3.56. The smallest absolute Gasteiger partial charge is 0.166 e. The molecule has 1 aromatic carbocycles. The number of aldehydes is 1. The molecule has 1 heterocycles. The van der Waals surface area contributed by atoms with Crippen LogP contribution in [0.25, 0.3) is 0 Å². The van der Waals surface area contributed by atoms with E-state index in [0.717, 1.165) is 17.4 Å². The molecular formula is C12H19N5O. The van der Waals surface area contributed by atoms with Crippen LogP contribution >= 0.6 is 0 Å². The molecule has 2 rings (SSSR count). The summed E-state index contributed by atoms with van der Waals surface area (Å²) in [5.41, 5.74) is 11.5. The Kier molecular flexibility index (Phi) is 3.36. The third-order valence-corrected chi connectivity index (χ3v) is 3.56. The average molecular weight is 249 g/mol. The number of fused-ring (bicyclic) bond motifs is 1. The van der Waals surface area contributed by atoms with Crippen LogP contribution < -0.4 is 21.8 Å². The summed E-state index contributed by atoms with van der Waals surface area (Å²) in [6.45, 7) is 0. The molecule has 98 valence electrons. The number of nitrogens with one attached hydrogen (secondary N) is 3. The number of nitrogens with zero attached hydrogens (tertiary/aromatic N) is 1. The maximum atomic E-state index is 11.4. The van der Waals surface area contributed by atoms with Gasteiger partial charge in [0.1, 0.15) is 12.3 Å². The van der Waals surface area contributed by atoms with Crippen molar-refractivity contribution in [2.75, 3.05) is 26.9 Å². The molecule has 1 unspecified atom stereocenters. The van der Waals surface area contributed by atoms with E-state index in [-0.39, 0.29) is 0 Å². The molecule has 0 aromatic heterocycles. The number of nitrogens with two attached hydrogens (primary N) is 1. The second kappa shape index (κ2) is 4.66. The molecule has 0 spiro atoms. The van der Waals surface area contributed by atoms with Crippen molar-refractivity contribution >= 4 is 12.0 Å². The van der Waals surface area contributed by atoms with Gasteiger partial charge < -0.3 is 10.5 Å². The average Bonchev–Trinajstić information content (AvgIpc) is 2.69. The van der Waals surface area contributed by atoms with E-state index in [1.807, 2.05) is 37.3 Å². The van der Waals surface area contributed by atoms with Gasteiger partial charge in [-0.15, -0.1) is 0 Å². The van der Waals surface area contributed by atoms with E-state index in [4.69, 9.17) is 5.73 Å². The molecule has 1 aliphatic rings. The summed E-state index contributed by atoms with van der Waals surface area (Å²) in [4.78, 5) is 11.4. The molecule has 0 radical (unpaired) electrons. The predicted octanol–water partition coefficient (Wildman–Crippen LogP) is -0.492. The summed E-state index contributed by atoms with van der Waals surface area (Å²) >= 11 is 0. The van der Waals surface area contributed by atoms with E-state index >= 15 is 0 Å². The highest BCUT2D eigenvalue weighted by atomic mass is 16.1. The van der Waals surface area contributed by atoms with Crippen LogP contribution in [-0.4, -0.2) is 32.4 Å². The van der Waals surface area contributed by atoms with Crippen LogP contribution in [0.2, 0.25) is 0 Å². The van der Waals surface area contributed by atoms with Crippen molar-refractivity contribution in [3.8, 4) is 0 Å². The summed E-state index contributed by atoms with van der Waals surface area (Å²) in [6.07, 6.45) is 0.891. The van der Waals surface area contributed by atoms with E-state index in [0.29, 0.717) is 5.69 Å². The SMILES string of the molecule is CNN1C(C=O)c2c(N)cccc2C1(NC)NC. The molecule has 0 aliphatic carbocycles. The van der Waals surface area contributed by atoms with Gasteiger partial charge >= 0.3 is 0 Å². The summed E-state index contributed by atoms with van der Waals surface area (Å²) in [6, 6.07) is 5.24. The van der Waals surface area contributed by atoms with Gasteiger partial charge in [-0.05, 0) is 27.2 Å². The van der Waals surface area contributed by atoms with Gasteiger partial charge in [-0.3, -0.25) is 16.1 Å². The van der Waals surface area contributed by atoms with Gasteiger partial charge in [-0.2, -0.15) is 5.01 Å². The Hall–Kier alpha value is -1.47. The van der Waals surface area contributed by atoms with E-state index in [1.54, 1.807) is 7.05 Å². The second-order valence-corrected chi connectivity index (χ2v) is 4.19. The molecule has 6 nitrogen and oxygen atoms in total. The highest BCUT2D eigenvalue weighted by molar-refractivity contribution is 5.71. The second-order valence-electron chi connectivity index (χ2n) is 4.19. The standard InChI is InChI=1S/C12H19N5O/c1-14-12(15-2)8-5-4-6-9(13)11(8)10(7-18)17(12)16-3/h4-7,10,14-16H,13H2,1-3H3. The number of carbonyl (C=O) groups excluding carboxylic acids is 1. The minimum Gasteiger partial charge on any atom is -0.398 e. The van der Waals surface area contributed by atoms with Crippen LogP contribution in [0, 0.1) is 0 Å². The maximum absolute atomic E-state index is 11.4. The fourth-order valence-electron chi connectivity index (χ4n) is 2.77. The zero-order chi connectivity index (χ0) is 13.3. The number of nitrogen functional groups attached to an aromatic ring is 1. The quantitative estimate of drug-likeness (QED) is 0.327. The van der Waals surface area contributed by atoms with E-state index in [9.17, 15) is 4.79 Å². The van der Waals surface area contributed by atoms with Gasteiger partial charge in [0.2, 0.25) is 0 Å². The first kappa shape index (κ1) is 13.0. The van der Waals surface area contributed by atoms with Gasteiger partial charge in [0.25, 0.3) is 0 Å². The fourth-order valence-corrected chi connectivity index (χ4v) is 2.77. The fraction of sp³-hybridized carbons (Fsp3) is 0.417. The number of hydrogen-bond acceptors (Lipinski definition) is 6. The van der Waals surface area contributed by atoms with Crippen molar-refractivity contribution in [1.29, 1.82) is 0 Å². The lowest BCUT2D eigenvalue weighted by Crippen LogP contribution is -2.63. The molecule has 1 aromatic rings. The van der Waals surface area contributed by atoms with Crippen LogP contribution in [0.3, 0.4) is 0 Å². The lowest BCUT2D eigenvalue weighted by atomic mass is 10.0. The molecule has 0 saturated carbocycles. The van der Waals surface area contributed by atoms with Gasteiger partial charge in [-0.1, -0.05) is 12.1 Å². The monoisotopic (exact) mass is 249 g/mol. The highest BCUT2D eigenvalue weighted by Crippen LogP contribution is 2.43. The predicted molar refractivity (Wildman–Crippen MR) is 70.4 cm³/mol. The molecular weight excluding hydrogens is 230 g/mol. The van der Waals surface area contributed by atoms with Crippen LogP contribution in [-0.2, 0) is 10.6 Å². The van der Waals surface area contributed by atoms with Crippen LogP contribution in [0.15, 0.2) is 18.2 Å². The minimum atomic E-state index is -0.648. The van der Waals surface area contributed by atoms with Crippen molar-refractivity contribution < 1.29 is 4.79 Å². The van der Waals surface area contributed by atoms with Crippen LogP contribution in [0.5, 0.6) is 0 Å². The Morgan fingerprint density at radius 1 is 1.33 bits per heavy atom. The number of anilines is 1. The van der Waals surface area contributed by atoms with Gasteiger partial charge in [-0.25, -0.2) is 0 Å². The summed E-state index contributed by atoms with van der Waals surface area (Å²) in [5, 5.41) is 8.25. The maximum Gasteiger partial charge on any atom is 0.166 e. The van der Waals surface area contributed by atoms with Crippen molar-refractivity contribution in [1.82, 2.24) is 21.1 Å². The minimum absolute atomic E-state index is 0.425. The van der Waals surface area contributed by atoms with Crippen molar-refractivity contribution in [3.63, 3.8) is 0 Å². The van der Waals surface area contributed by atoms with Crippen molar-refractivity contribution in [2.45, 2.75) is 11.8 Å². The normalized spacial score (nSPS) is 21.8. The first-order valence-corrected chi connectivity index (χ1v) is 5.85. The van der Waals surface area contributed by atoms with Crippen LogP contribution in [0.4, 0.5) is 5.69 Å². The van der Waals surface area contributed by atoms with Gasteiger partial charge in [0, 0.05) is 16.8 Å². The first-order valence-electron chi connectivity index (χ1n) is 5.85. The number of hydrogen-bond donors (Lipinski definition) is 4. The Bertz CT molecular complexity index is 458. The molecule has 6 heteroatoms. The zero-order valence-electron chi connectivity index (χ0n) is 10.8. The lowest BCUT2D eigenvalue weighted by molar-refractivity contribution is -0.118. The Morgan fingerprint density at radius 2 is 2.00 bits per heavy atom. The van der Waals surface area contributed by atoms with Crippen molar-refractivity contribution in [3.05, 3.63) is 29.3 Å². The van der Waals surface area contributed by atoms with Crippen molar-refractivity contribution in [2.24, 2.45) is 0 Å². The summed E-state index contributed by atoms with van der Waals surface area (Å²) in [7, 11) is 5.45. The highest BCUT2D eigenvalue weighted by Gasteiger charge is 2.49. The third kappa shape index (κ3) is 1.47. The number of hydrazine groups is 1. The number of rotatable bonds is 4. The van der Waals surface area contributed by atoms with E-state index in [1.165, 1.54) is 0 Å². The molecule has 18 heavy (non-hydrogen) atoms. The summed E-state index contributed by atoms with van der Waals surface area (Å²) < 4.78 is 0. The zero-order valence-corrected chi connectivity index (χ0v) is 10.8. The molecule has 1 aliphatic heterocycles. The van der Waals surface area contributed by atoms with E-state index < -0.39 is 11.8 Å². The molecule has 0 fully saturated rings. The Morgan fingerprint density at radius 3 is 2.50 bits per heavy atom. The molecule has 0 saturated heterocycles. The lowest BCUT2D eigenvalue weighted by Gasteiger charge is -2.39. The topological polar surface area (TPSA) is 82.4 Å². The largest absolute Gasteiger partial charge is 0.398 e. The molecule has 0 bridgehead atoms. The number of carbonyl (C=O) groups is 1. The van der Waals surface area contributed by atoms with Gasteiger partial charge in [0.05, 0.1) is 0 Å². The number of benzene rings is 1. The molecule has 1 atom stereocenters. The van der Waals surface area contributed by atoms with Crippen LogP contribution in [0.1, 0.15) is 17.2 Å². The summed E-state index contributed by atoms with van der Waals surface area (Å²) in [5.74, 6) is -0.648. The van der Waals surface area contributed by atoms with Gasteiger partial charge in [0.15, 0.2) is 5.79 Å². The van der Waals surface area contributed by atoms with E-state index in [2.05, 4.69) is 16.1 Å². The first-order chi connectivity index (χ1) is 8.66. The molecule has 0 amide bonds. The molecule has 5 N–H and O–H groups in total. The Labute approximate surface area is 106 Å².